The number of benzene rings is 2. The molecule has 0 radical (unpaired) electrons. The van der Waals surface area contributed by atoms with E-state index >= 15 is 0 Å². The molecule has 0 aliphatic heterocycles. The quantitative estimate of drug-likeness (QED) is 0.0361. The molecule has 74 heavy (non-hydrogen) atoms. The third-order valence-corrected chi connectivity index (χ3v) is 22.8. The maximum absolute atomic E-state index is 5.28. The van der Waals surface area contributed by atoms with Gasteiger partial charge in [-0.05, 0) is 174 Å². The first-order valence-electron chi connectivity index (χ1n) is 29.9. The topological polar surface area (TPSA) is 0 Å². The smallest absolute Gasteiger partial charge is 0.0354 e. The van der Waals surface area contributed by atoms with Crippen molar-refractivity contribution < 1.29 is 0 Å². The summed E-state index contributed by atoms with van der Waals surface area (Å²) < 4.78 is 0. The molecule has 2 rings (SSSR count). The fourth-order valence-corrected chi connectivity index (χ4v) is 18.7. The van der Waals surface area contributed by atoms with Gasteiger partial charge in [0.15, 0.2) is 0 Å². The van der Waals surface area contributed by atoms with E-state index in [1.807, 2.05) is 11.8 Å². The number of thioether (sulfide) groups is 8. The van der Waals surface area contributed by atoms with Gasteiger partial charge in [-0.3, -0.25) is 0 Å². The van der Waals surface area contributed by atoms with Crippen LogP contribution in [0.4, 0.5) is 0 Å². The van der Waals surface area contributed by atoms with Crippen molar-refractivity contribution in [3.05, 3.63) is 23.3 Å². The molecule has 0 aliphatic rings. The van der Waals surface area contributed by atoms with Gasteiger partial charge in [-0.2, -0.15) is 0 Å². The zero-order valence-electron chi connectivity index (χ0n) is 48.1. The van der Waals surface area contributed by atoms with Crippen LogP contribution in [0.15, 0.2) is 51.3 Å². The van der Waals surface area contributed by atoms with E-state index in [0.29, 0.717) is 0 Å². The molecule has 0 nitrogen and oxygen atoms in total. The predicted molar refractivity (Wildman–Crippen MR) is 352 cm³/mol. The standard InChI is InChI=1S/C66H102S8/c1-9-16-22-27-30-31-32-33-37-45-52-72-64-57(8)63(71-51-40-26-20-13-5)60(69-49-42-36-29-24-18-11-3)56-61(64)70-50-43-38-39-46-54-74-66-62(68-47-21-14-6)55-59(67-48-41-35-28-23-17-10-2)58(15-7)65(66)73-53-44-34-25-19-12-4/h3,55-56H,9-10,12-17,19-23,25-28,30-35,37-41,43-48,50-54H2,1-2,4-8H3. The Bertz CT molecular complexity index is 1960. The van der Waals surface area contributed by atoms with Crippen molar-refractivity contribution in [3.8, 4) is 47.2 Å². The van der Waals surface area contributed by atoms with Gasteiger partial charge in [-0.15, -0.1) is 88.8 Å². The minimum atomic E-state index is 1.13. The maximum Gasteiger partial charge on any atom is 0.0354 e. The SMILES string of the molecule is C#CC#CC#CC#CSc1cc(SCCCCCCSc2c(SCCCC)cc(SCCCCCCCC)c(CC)c2SCCCCCCC)c(SCCCCCCCCCCCC)c(C)c1SCCCCCC. The van der Waals surface area contributed by atoms with Crippen LogP contribution in [0.1, 0.15) is 252 Å². The fraction of sp³-hybridized carbons (Fsp3) is 0.697. The highest BCUT2D eigenvalue weighted by Crippen LogP contribution is 2.47. The Hall–Kier alpha value is -0.520. The highest BCUT2D eigenvalue weighted by molar-refractivity contribution is 8.06. The van der Waals surface area contributed by atoms with Crippen LogP contribution in [0.2, 0.25) is 0 Å². The van der Waals surface area contributed by atoms with Crippen molar-refractivity contribution in [3.63, 3.8) is 0 Å². The summed E-state index contributed by atoms with van der Waals surface area (Å²) in [5, 5.41) is 3.31. The van der Waals surface area contributed by atoms with Crippen LogP contribution in [0.25, 0.3) is 0 Å². The molecule has 8 heteroatoms. The minimum Gasteiger partial charge on any atom is -0.126 e. The molecule has 0 atom stereocenters. The lowest BCUT2D eigenvalue weighted by atomic mass is 10.1. The molecule has 0 aromatic heterocycles. The molecule has 0 amide bonds. The van der Waals surface area contributed by atoms with Crippen LogP contribution in [0.5, 0.6) is 0 Å². The first-order chi connectivity index (χ1) is 36.5. The van der Waals surface area contributed by atoms with Crippen LogP contribution >= 0.6 is 94.1 Å². The van der Waals surface area contributed by atoms with Crippen LogP contribution in [0, 0.1) is 54.1 Å². The summed E-state index contributed by atoms with van der Waals surface area (Å²) in [4.78, 5) is 12.1. The zero-order chi connectivity index (χ0) is 53.4. The van der Waals surface area contributed by atoms with E-state index in [4.69, 9.17) is 6.42 Å². The van der Waals surface area contributed by atoms with E-state index in [-0.39, 0.29) is 0 Å². The Morgan fingerprint density at radius 1 is 0.324 bits per heavy atom. The van der Waals surface area contributed by atoms with Gasteiger partial charge in [0.2, 0.25) is 0 Å². The molecule has 0 spiro atoms. The summed E-state index contributed by atoms with van der Waals surface area (Å²) in [6.45, 7) is 16.4. The molecule has 0 N–H and O–H groups in total. The van der Waals surface area contributed by atoms with Gasteiger partial charge in [-0.25, -0.2) is 0 Å². The average molecular weight is 1150 g/mol. The van der Waals surface area contributed by atoms with Gasteiger partial charge in [0.25, 0.3) is 0 Å². The second kappa shape index (κ2) is 50.7. The Balaban J connectivity index is 2.24. The fourth-order valence-electron chi connectivity index (χ4n) is 8.64. The lowest BCUT2D eigenvalue weighted by molar-refractivity contribution is 0.563. The molecule has 0 saturated heterocycles. The molecule has 2 aromatic rings. The largest absolute Gasteiger partial charge is 0.126 e. The van der Waals surface area contributed by atoms with Gasteiger partial charge in [0.05, 0.1) is 0 Å². The van der Waals surface area contributed by atoms with Crippen LogP contribution in [0.3, 0.4) is 0 Å². The Morgan fingerprint density at radius 3 is 1.11 bits per heavy atom. The van der Waals surface area contributed by atoms with E-state index in [0.717, 1.165) is 17.9 Å². The zero-order valence-corrected chi connectivity index (χ0v) is 54.6. The van der Waals surface area contributed by atoms with Crippen molar-refractivity contribution in [1.82, 2.24) is 0 Å². The molecular weight excluding hydrogens is 1050 g/mol. The van der Waals surface area contributed by atoms with Gasteiger partial charge in [-0.1, -0.05) is 196 Å². The molecule has 0 unspecified atom stereocenters. The Morgan fingerprint density at radius 2 is 0.649 bits per heavy atom. The highest BCUT2D eigenvalue weighted by Gasteiger charge is 2.20. The van der Waals surface area contributed by atoms with Crippen LogP contribution in [-0.2, 0) is 6.42 Å². The minimum absolute atomic E-state index is 1.13. The number of unbranched alkanes of at least 4 members (excludes halogenated alkanes) is 25. The second-order valence-electron chi connectivity index (χ2n) is 19.6. The van der Waals surface area contributed by atoms with Gasteiger partial charge >= 0.3 is 0 Å². The van der Waals surface area contributed by atoms with Crippen LogP contribution < -0.4 is 0 Å². The lowest BCUT2D eigenvalue weighted by Crippen LogP contribution is -1.99. The van der Waals surface area contributed by atoms with Gasteiger partial charge in [0.1, 0.15) is 0 Å². The summed E-state index contributed by atoms with van der Waals surface area (Å²) in [7, 11) is 0. The predicted octanol–water partition coefficient (Wildman–Crippen LogP) is 23.8. The molecule has 0 heterocycles. The highest BCUT2D eigenvalue weighted by atomic mass is 32.2. The first kappa shape index (κ1) is 69.6. The third-order valence-electron chi connectivity index (χ3n) is 13.1. The summed E-state index contributed by atoms with van der Waals surface area (Å²) >= 11 is 16.6. The maximum atomic E-state index is 5.28. The molecule has 0 saturated carbocycles. The molecule has 0 aliphatic carbocycles. The summed E-state index contributed by atoms with van der Waals surface area (Å²) in [5.74, 6) is 24.7. The van der Waals surface area contributed by atoms with Gasteiger partial charge in [0, 0.05) is 39.2 Å². The van der Waals surface area contributed by atoms with Crippen LogP contribution in [-0.4, -0.2) is 40.3 Å². The molecule has 0 fully saturated rings. The van der Waals surface area contributed by atoms with E-state index in [1.54, 1.807) is 36.9 Å². The average Bonchev–Trinajstić information content (AvgIpc) is 3.40. The number of hydrogen-bond acceptors (Lipinski definition) is 8. The Kier molecular flexibility index (Phi) is 47.7. The number of rotatable bonds is 48. The number of terminal acetylenes is 1. The van der Waals surface area contributed by atoms with E-state index in [1.165, 1.54) is 253 Å². The lowest BCUT2D eigenvalue weighted by Gasteiger charge is -2.21. The van der Waals surface area contributed by atoms with Crippen molar-refractivity contribution >= 4 is 94.1 Å². The van der Waals surface area contributed by atoms with Gasteiger partial charge < -0.3 is 0 Å². The van der Waals surface area contributed by atoms with E-state index in [9.17, 15) is 0 Å². The molecule has 414 valence electrons. The molecular formula is C66H102S8. The van der Waals surface area contributed by atoms with E-state index in [2.05, 4.69) is 172 Å². The van der Waals surface area contributed by atoms with E-state index < -0.39 is 0 Å². The molecule has 2 aromatic carbocycles. The van der Waals surface area contributed by atoms with Crippen molar-refractivity contribution in [2.45, 2.75) is 293 Å². The summed E-state index contributed by atoms with van der Waals surface area (Å²) in [5.41, 5.74) is 3.10. The normalized spacial score (nSPS) is 10.9. The first-order valence-corrected chi connectivity index (χ1v) is 37.6. The second-order valence-corrected chi connectivity index (χ2v) is 28.3. The van der Waals surface area contributed by atoms with Crippen molar-refractivity contribution in [1.29, 1.82) is 0 Å². The number of hydrogen-bond donors (Lipinski definition) is 0. The van der Waals surface area contributed by atoms with Crippen molar-refractivity contribution in [2.24, 2.45) is 0 Å². The Labute approximate surface area is 493 Å². The van der Waals surface area contributed by atoms with Crippen molar-refractivity contribution in [2.75, 3.05) is 40.3 Å². The summed E-state index contributed by atoms with van der Waals surface area (Å²) in [6, 6.07) is 5.12. The third kappa shape index (κ3) is 33.2. The monoisotopic (exact) mass is 1150 g/mol. The summed E-state index contributed by atoms with van der Waals surface area (Å²) in [6.07, 6.45) is 48.0. The molecule has 0 bridgehead atoms.